The van der Waals surface area contributed by atoms with Gasteiger partial charge in [-0.3, -0.25) is 0 Å². The first-order valence-corrected chi connectivity index (χ1v) is 3.97. The second kappa shape index (κ2) is 4.31. The molecule has 1 nitrogen and oxygen atoms in total. The number of hydrogen-bond acceptors (Lipinski definition) is 1. The lowest BCUT2D eigenvalue weighted by Gasteiger charge is -2.22. The Hall–Kier alpha value is 0.467. The van der Waals surface area contributed by atoms with Crippen molar-refractivity contribution < 1.29 is 4.43 Å². The Labute approximate surface area is 65.3 Å². The van der Waals surface area contributed by atoms with Crippen LogP contribution in [0.2, 0.25) is 0 Å². The van der Waals surface area contributed by atoms with Crippen LogP contribution >= 0.6 is 11.6 Å². The molecule has 3 heteroatoms. The average molecular weight is 164 g/mol. The SMILES string of the molecule is CC(C)(CCCCl)O[Si]. The van der Waals surface area contributed by atoms with Crippen LogP contribution < -0.4 is 0 Å². The lowest BCUT2D eigenvalue weighted by molar-refractivity contribution is 0.112. The number of alkyl halides is 1. The van der Waals surface area contributed by atoms with E-state index in [0.717, 1.165) is 12.8 Å². The molecule has 0 spiro atoms. The quantitative estimate of drug-likeness (QED) is 0.455. The van der Waals surface area contributed by atoms with E-state index in [9.17, 15) is 0 Å². The van der Waals surface area contributed by atoms with Crippen molar-refractivity contribution >= 4 is 22.1 Å². The third kappa shape index (κ3) is 4.94. The van der Waals surface area contributed by atoms with Gasteiger partial charge in [-0.1, -0.05) is 0 Å². The molecule has 0 fully saturated rings. The smallest absolute Gasteiger partial charge is 0.246 e. The third-order valence-electron chi connectivity index (χ3n) is 1.19. The normalized spacial score (nSPS) is 12.0. The molecule has 0 saturated heterocycles. The molecular weight excluding hydrogens is 152 g/mol. The van der Waals surface area contributed by atoms with Crippen LogP contribution in [-0.2, 0) is 4.43 Å². The molecule has 0 aliphatic rings. The lowest BCUT2D eigenvalue weighted by Crippen LogP contribution is -2.22. The molecule has 0 aliphatic heterocycles. The summed E-state index contributed by atoms with van der Waals surface area (Å²) in [6.45, 7) is 4.04. The molecule has 0 heterocycles. The zero-order chi connectivity index (χ0) is 7.33. The Kier molecular flexibility index (Phi) is 4.53. The molecule has 53 valence electrons. The molecule has 0 aliphatic carbocycles. The fraction of sp³-hybridized carbons (Fsp3) is 1.00. The first-order chi connectivity index (χ1) is 4.12. The molecular formula is C6H12ClOSi. The average Bonchev–Trinajstić information content (AvgIpc) is 1.84. The maximum absolute atomic E-state index is 5.49. The maximum Gasteiger partial charge on any atom is 0.246 e. The van der Waals surface area contributed by atoms with Gasteiger partial charge in [0, 0.05) is 11.5 Å². The minimum atomic E-state index is -0.0776. The Balaban J connectivity index is 3.33. The fourth-order valence-electron chi connectivity index (χ4n) is 0.544. The van der Waals surface area contributed by atoms with Crippen LogP contribution in [0.5, 0.6) is 0 Å². The van der Waals surface area contributed by atoms with Crippen molar-refractivity contribution in [1.29, 1.82) is 0 Å². The standard InChI is InChI=1S/C6H12ClOSi/c1-6(2,8-9)4-3-5-7/h3-5H2,1-2H3. The number of halogens is 1. The summed E-state index contributed by atoms with van der Waals surface area (Å²) < 4.78 is 4.99. The Bertz CT molecular complexity index is 75.5. The van der Waals surface area contributed by atoms with E-state index in [-0.39, 0.29) is 5.60 Å². The van der Waals surface area contributed by atoms with E-state index in [1.54, 1.807) is 0 Å². The van der Waals surface area contributed by atoms with Gasteiger partial charge in [0.2, 0.25) is 10.5 Å². The van der Waals surface area contributed by atoms with E-state index in [2.05, 4.69) is 10.5 Å². The van der Waals surface area contributed by atoms with E-state index in [1.807, 2.05) is 13.8 Å². The highest BCUT2D eigenvalue weighted by molar-refractivity contribution is 6.17. The predicted molar refractivity (Wildman–Crippen MR) is 40.9 cm³/mol. The van der Waals surface area contributed by atoms with Gasteiger partial charge in [-0.15, -0.1) is 11.6 Å². The molecule has 3 radical (unpaired) electrons. The molecule has 0 unspecified atom stereocenters. The zero-order valence-corrected chi connectivity index (χ0v) is 7.66. The van der Waals surface area contributed by atoms with Crippen LogP contribution in [0.1, 0.15) is 26.7 Å². The number of hydrogen-bond donors (Lipinski definition) is 0. The first-order valence-electron chi connectivity index (χ1n) is 3.03. The second-order valence-corrected chi connectivity index (χ2v) is 3.24. The van der Waals surface area contributed by atoms with Crippen molar-refractivity contribution in [3.63, 3.8) is 0 Å². The molecule has 0 aromatic carbocycles. The molecule has 0 bridgehead atoms. The summed E-state index contributed by atoms with van der Waals surface area (Å²) in [6.07, 6.45) is 1.99. The molecule has 0 aromatic heterocycles. The minimum Gasteiger partial charge on any atom is -0.414 e. The van der Waals surface area contributed by atoms with Crippen LogP contribution in [0.15, 0.2) is 0 Å². The van der Waals surface area contributed by atoms with Crippen molar-refractivity contribution in [1.82, 2.24) is 0 Å². The molecule has 0 N–H and O–H groups in total. The Morgan fingerprint density at radius 2 is 2.11 bits per heavy atom. The van der Waals surface area contributed by atoms with Crippen LogP contribution in [0.25, 0.3) is 0 Å². The van der Waals surface area contributed by atoms with E-state index in [0.29, 0.717) is 5.88 Å². The zero-order valence-electron chi connectivity index (χ0n) is 5.91. The van der Waals surface area contributed by atoms with Gasteiger partial charge in [-0.25, -0.2) is 0 Å². The van der Waals surface area contributed by atoms with Crippen molar-refractivity contribution in [2.45, 2.75) is 32.3 Å². The highest BCUT2D eigenvalue weighted by Crippen LogP contribution is 2.14. The lowest BCUT2D eigenvalue weighted by atomic mass is 10.0. The van der Waals surface area contributed by atoms with Gasteiger partial charge in [-0.05, 0) is 26.7 Å². The molecule has 0 rings (SSSR count). The van der Waals surface area contributed by atoms with Gasteiger partial charge in [0.1, 0.15) is 0 Å². The maximum atomic E-state index is 5.49. The molecule has 0 aromatic rings. The highest BCUT2D eigenvalue weighted by Gasteiger charge is 2.13. The summed E-state index contributed by atoms with van der Waals surface area (Å²) in [4.78, 5) is 0. The van der Waals surface area contributed by atoms with Crippen LogP contribution in [0.4, 0.5) is 0 Å². The van der Waals surface area contributed by atoms with Gasteiger partial charge in [0.05, 0.1) is 0 Å². The van der Waals surface area contributed by atoms with Crippen molar-refractivity contribution in [2.24, 2.45) is 0 Å². The number of rotatable bonds is 4. The van der Waals surface area contributed by atoms with Crippen molar-refractivity contribution in [2.75, 3.05) is 5.88 Å². The van der Waals surface area contributed by atoms with E-state index in [4.69, 9.17) is 16.0 Å². The molecule has 0 saturated carbocycles. The molecule has 0 atom stereocenters. The summed E-state index contributed by atoms with van der Waals surface area (Å²) in [6, 6.07) is 0. The van der Waals surface area contributed by atoms with Gasteiger partial charge < -0.3 is 4.43 Å². The van der Waals surface area contributed by atoms with Gasteiger partial charge >= 0.3 is 0 Å². The van der Waals surface area contributed by atoms with Crippen LogP contribution in [-0.4, -0.2) is 22.0 Å². The fourth-order valence-corrected chi connectivity index (χ4v) is 0.779. The van der Waals surface area contributed by atoms with E-state index in [1.165, 1.54) is 0 Å². The Morgan fingerprint density at radius 3 is 2.44 bits per heavy atom. The summed E-state index contributed by atoms with van der Waals surface area (Å²) in [5.41, 5.74) is -0.0776. The Morgan fingerprint density at radius 1 is 1.56 bits per heavy atom. The predicted octanol–water partition coefficient (Wildman–Crippen LogP) is 1.88. The summed E-state index contributed by atoms with van der Waals surface area (Å²) in [5, 5.41) is 0. The van der Waals surface area contributed by atoms with E-state index < -0.39 is 0 Å². The van der Waals surface area contributed by atoms with Gasteiger partial charge in [-0.2, -0.15) is 0 Å². The van der Waals surface area contributed by atoms with Crippen LogP contribution in [0.3, 0.4) is 0 Å². The first kappa shape index (κ1) is 9.47. The molecule has 0 amide bonds. The summed E-state index contributed by atoms with van der Waals surface area (Å²) in [5.74, 6) is 0.707. The minimum absolute atomic E-state index is 0.0776. The van der Waals surface area contributed by atoms with E-state index >= 15 is 0 Å². The summed E-state index contributed by atoms with van der Waals surface area (Å²) in [7, 11) is 3.00. The van der Waals surface area contributed by atoms with Crippen molar-refractivity contribution in [3.8, 4) is 0 Å². The largest absolute Gasteiger partial charge is 0.414 e. The highest BCUT2D eigenvalue weighted by atomic mass is 35.5. The third-order valence-corrected chi connectivity index (χ3v) is 2.01. The summed E-state index contributed by atoms with van der Waals surface area (Å²) >= 11 is 5.49. The molecule has 9 heavy (non-hydrogen) atoms. The van der Waals surface area contributed by atoms with Crippen molar-refractivity contribution in [3.05, 3.63) is 0 Å². The monoisotopic (exact) mass is 163 g/mol. The van der Waals surface area contributed by atoms with Gasteiger partial charge in [0.15, 0.2) is 0 Å². The second-order valence-electron chi connectivity index (χ2n) is 2.65. The van der Waals surface area contributed by atoms with Crippen LogP contribution in [0, 0.1) is 0 Å². The van der Waals surface area contributed by atoms with Gasteiger partial charge in [0.25, 0.3) is 0 Å². The topological polar surface area (TPSA) is 9.23 Å².